The fourth-order valence-corrected chi connectivity index (χ4v) is 1.000. The summed E-state index contributed by atoms with van der Waals surface area (Å²) in [6.07, 6.45) is 8.20. The van der Waals surface area contributed by atoms with Gasteiger partial charge in [0.25, 0.3) is 0 Å². The molecule has 0 saturated carbocycles. The fourth-order valence-electron chi connectivity index (χ4n) is 1.000. The van der Waals surface area contributed by atoms with Crippen molar-refractivity contribution in [3.8, 4) is 0 Å². The van der Waals surface area contributed by atoms with Gasteiger partial charge in [-0.2, -0.15) is 0 Å². The summed E-state index contributed by atoms with van der Waals surface area (Å²) < 4.78 is 5.16. The highest BCUT2D eigenvalue weighted by molar-refractivity contribution is 5.18. The molecule has 0 bridgehead atoms. The predicted molar refractivity (Wildman–Crippen MR) is 46.6 cm³/mol. The van der Waals surface area contributed by atoms with E-state index in [0.717, 1.165) is 18.6 Å². The van der Waals surface area contributed by atoms with Crippen molar-refractivity contribution in [2.75, 3.05) is 0 Å². The number of hydrogen-bond acceptors (Lipinski definition) is 1. The third kappa shape index (κ3) is 2.26. The molecule has 0 radical (unpaired) electrons. The van der Waals surface area contributed by atoms with Gasteiger partial charge in [-0.05, 0) is 31.4 Å². The predicted octanol–water partition coefficient (Wildman–Crippen LogP) is 3.10. The minimum Gasteiger partial charge on any atom is -0.469 e. The fraction of sp³-hybridized carbons (Fsp3) is 0.400. The second-order valence-corrected chi connectivity index (χ2v) is 2.59. The van der Waals surface area contributed by atoms with Crippen LogP contribution in [0.15, 0.2) is 28.9 Å². The smallest absolute Gasteiger partial charge is 0.104 e. The average molecular weight is 150 g/mol. The lowest BCUT2D eigenvalue weighted by Crippen LogP contribution is -1.78. The summed E-state index contributed by atoms with van der Waals surface area (Å²) in [6.45, 7) is 4.13. The molecule has 1 heteroatoms. The van der Waals surface area contributed by atoms with Crippen molar-refractivity contribution in [1.29, 1.82) is 0 Å². The molecule has 0 atom stereocenters. The van der Waals surface area contributed by atoms with Crippen molar-refractivity contribution in [3.05, 3.63) is 35.8 Å². The maximum Gasteiger partial charge on any atom is 0.104 e. The van der Waals surface area contributed by atoms with Gasteiger partial charge in [0.2, 0.25) is 0 Å². The van der Waals surface area contributed by atoms with E-state index in [1.54, 1.807) is 6.26 Å². The highest BCUT2D eigenvalue weighted by Gasteiger charge is 1.96. The molecule has 1 nitrogen and oxygen atoms in total. The van der Waals surface area contributed by atoms with Crippen molar-refractivity contribution in [2.24, 2.45) is 0 Å². The summed E-state index contributed by atoms with van der Waals surface area (Å²) in [5.74, 6) is 1.03. The Kier molecular flexibility index (Phi) is 2.96. The van der Waals surface area contributed by atoms with E-state index in [1.165, 1.54) is 5.56 Å². The van der Waals surface area contributed by atoms with E-state index in [4.69, 9.17) is 4.42 Å². The summed E-state index contributed by atoms with van der Waals surface area (Å²) in [4.78, 5) is 0. The van der Waals surface area contributed by atoms with Crippen LogP contribution in [0.5, 0.6) is 0 Å². The SMILES string of the molecule is CC/C=C\Cc1ccoc1C. The van der Waals surface area contributed by atoms with Crippen LogP contribution in [0.2, 0.25) is 0 Å². The topological polar surface area (TPSA) is 13.1 Å². The summed E-state index contributed by atoms with van der Waals surface area (Å²) in [6, 6.07) is 2.02. The van der Waals surface area contributed by atoms with Gasteiger partial charge in [-0.25, -0.2) is 0 Å². The molecule has 0 spiro atoms. The zero-order valence-corrected chi connectivity index (χ0v) is 7.13. The maximum atomic E-state index is 5.16. The first-order valence-electron chi connectivity index (χ1n) is 4.02. The Morgan fingerprint density at radius 3 is 2.82 bits per heavy atom. The summed E-state index contributed by atoms with van der Waals surface area (Å²) in [7, 11) is 0. The van der Waals surface area contributed by atoms with Gasteiger partial charge in [0.15, 0.2) is 0 Å². The second-order valence-electron chi connectivity index (χ2n) is 2.59. The van der Waals surface area contributed by atoms with E-state index >= 15 is 0 Å². The molecule has 11 heavy (non-hydrogen) atoms. The average Bonchev–Trinajstić information content (AvgIpc) is 2.37. The second kappa shape index (κ2) is 4.02. The lowest BCUT2D eigenvalue weighted by Gasteiger charge is -1.90. The van der Waals surface area contributed by atoms with E-state index in [-0.39, 0.29) is 0 Å². The molecule has 0 saturated heterocycles. The Morgan fingerprint density at radius 2 is 2.27 bits per heavy atom. The number of aryl methyl sites for hydroxylation is 1. The van der Waals surface area contributed by atoms with Crippen LogP contribution in [0.3, 0.4) is 0 Å². The number of hydrogen-bond donors (Lipinski definition) is 0. The molecule has 0 unspecified atom stereocenters. The molecule has 0 fully saturated rings. The number of furan rings is 1. The van der Waals surface area contributed by atoms with Crippen LogP contribution in [-0.4, -0.2) is 0 Å². The van der Waals surface area contributed by atoms with Gasteiger partial charge >= 0.3 is 0 Å². The summed E-state index contributed by atoms with van der Waals surface area (Å²) in [5.41, 5.74) is 1.29. The van der Waals surface area contributed by atoms with E-state index in [1.807, 2.05) is 13.0 Å². The third-order valence-corrected chi connectivity index (χ3v) is 1.71. The summed E-state index contributed by atoms with van der Waals surface area (Å²) in [5, 5.41) is 0. The maximum absolute atomic E-state index is 5.16. The zero-order valence-electron chi connectivity index (χ0n) is 7.13. The van der Waals surface area contributed by atoms with E-state index in [9.17, 15) is 0 Å². The standard InChI is InChI=1S/C10H14O/c1-3-4-5-6-10-7-8-11-9(10)2/h4-5,7-8H,3,6H2,1-2H3/b5-4-. The molecule has 1 aromatic heterocycles. The van der Waals surface area contributed by atoms with Crippen molar-refractivity contribution in [1.82, 2.24) is 0 Å². The third-order valence-electron chi connectivity index (χ3n) is 1.71. The molecule has 0 aliphatic carbocycles. The molecule has 0 aromatic carbocycles. The first kappa shape index (κ1) is 8.12. The van der Waals surface area contributed by atoms with Crippen molar-refractivity contribution >= 4 is 0 Å². The number of rotatable bonds is 3. The van der Waals surface area contributed by atoms with Gasteiger partial charge in [0.1, 0.15) is 5.76 Å². The molecule has 1 aromatic rings. The molecular formula is C10H14O. The lowest BCUT2D eigenvalue weighted by molar-refractivity contribution is 0.531. The van der Waals surface area contributed by atoms with Crippen LogP contribution in [-0.2, 0) is 6.42 Å². The van der Waals surface area contributed by atoms with Gasteiger partial charge in [0.05, 0.1) is 6.26 Å². The summed E-state index contributed by atoms with van der Waals surface area (Å²) >= 11 is 0. The highest BCUT2D eigenvalue weighted by atomic mass is 16.3. The molecule has 0 N–H and O–H groups in total. The molecule has 1 rings (SSSR count). The van der Waals surface area contributed by atoms with Crippen LogP contribution in [0.1, 0.15) is 24.7 Å². The van der Waals surface area contributed by atoms with Gasteiger partial charge in [-0.15, -0.1) is 0 Å². The quantitative estimate of drug-likeness (QED) is 0.603. The van der Waals surface area contributed by atoms with Crippen LogP contribution in [0.25, 0.3) is 0 Å². The molecule has 1 heterocycles. The van der Waals surface area contributed by atoms with Gasteiger partial charge in [-0.3, -0.25) is 0 Å². The van der Waals surface area contributed by atoms with E-state index < -0.39 is 0 Å². The Labute approximate surface area is 67.7 Å². The van der Waals surface area contributed by atoms with Crippen LogP contribution < -0.4 is 0 Å². The Bertz CT molecular complexity index is 233. The Morgan fingerprint density at radius 1 is 1.45 bits per heavy atom. The largest absolute Gasteiger partial charge is 0.469 e. The lowest BCUT2D eigenvalue weighted by atomic mass is 10.2. The van der Waals surface area contributed by atoms with Gasteiger partial charge < -0.3 is 4.42 Å². The van der Waals surface area contributed by atoms with Crippen LogP contribution in [0, 0.1) is 6.92 Å². The highest BCUT2D eigenvalue weighted by Crippen LogP contribution is 2.09. The van der Waals surface area contributed by atoms with E-state index in [2.05, 4.69) is 19.1 Å². The normalized spacial score (nSPS) is 11.1. The minimum atomic E-state index is 0.996. The van der Waals surface area contributed by atoms with E-state index in [0.29, 0.717) is 0 Å². The monoisotopic (exact) mass is 150 g/mol. The first-order valence-corrected chi connectivity index (χ1v) is 4.02. The minimum absolute atomic E-state index is 0.996. The molecule has 0 aliphatic heterocycles. The van der Waals surface area contributed by atoms with Gasteiger partial charge in [0, 0.05) is 0 Å². The van der Waals surface area contributed by atoms with Crippen molar-refractivity contribution in [2.45, 2.75) is 26.7 Å². The first-order chi connectivity index (χ1) is 5.34. The molecule has 0 amide bonds. The van der Waals surface area contributed by atoms with Gasteiger partial charge in [-0.1, -0.05) is 19.1 Å². The molecule has 60 valence electrons. The van der Waals surface area contributed by atoms with Crippen molar-refractivity contribution in [3.63, 3.8) is 0 Å². The van der Waals surface area contributed by atoms with Crippen LogP contribution >= 0.6 is 0 Å². The zero-order chi connectivity index (χ0) is 8.10. The van der Waals surface area contributed by atoms with Crippen LogP contribution in [0.4, 0.5) is 0 Å². The molecule has 0 aliphatic rings. The molecular weight excluding hydrogens is 136 g/mol. The Balaban J connectivity index is 2.50. The van der Waals surface area contributed by atoms with Crippen molar-refractivity contribution < 1.29 is 4.42 Å². The Hall–Kier alpha value is -0.980. The number of allylic oxidation sites excluding steroid dienone is 2.